The van der Waals surface area contributed by atoms with Crippen LogP contribution < -0.4 is 5.32 Å². The van der Waals surface area contributed by atoms with Crippen molar-refractivity contribution in [3.63, 3.8) is 0 Å². The molecule has 2 heterocycles. The molecular formula is C15H23N3O4S. The van der Waals surface area contributed by atoms with E-state index in [1.165, 1.54) is 38.6 Å². The van der Waals surface area contributed by atoms with Crippen LogP contribution in [0.5, 0.6) is 0 Å². The third-order valence-corrected chi connectivity index (χ3v) is 4.94. The summed E-state index contributed by atoms with van der Waals surface area (Å²) in [4.78, 5) is 18.3. The third kappa shape index (κ3) is 4.90. The van der Waals surface area contributed by atoms with Gasteiger partial charge in [-0.3, -0.25) is 0 Å². The highest BCUT2D eigenvalue weighted by Crippen LogP contribution is 2.18. The fraction of sp³-hybridized carbons (Fsp3) is 0.600. The van der Waals surface area contributed by atoms with Gasteiger partial charge in [-0.15, -0.1) is 0 Å². The zero-order valence-electron chi connectivity index (χ0n) is 13.5. The number of hydrogen-bond donors (Lipinski definition) is 1. The first kappa shape index (κ1) is 17.7. The predicted molar refractivity (Wildman–Crippen MR) is 87.5 cm³/mol. The summed E-state index contributed by atoms with van der Waals surface area (Å²) in [6.07, 6.45) is 6.05. The van der Waals surface area contributed by atoms with E-state index in [-0.39, 0.29) is 10.5 Å². The first-order valence-corrected chi connectivity index (χ1v) is 9.55. The van der Waals surface area contributed by atoms with E-state index in [1.807, 2.05) is 0 Å². The molecule has 0 unspecified atom stereocenters. The molecule has 8 heteroatoms. The van der Waals surface area contributed by atoms with Crippen LogP contribution in [0, 0.1) is 0 Å². The van der Waals surface area contributed by atoms with Crippen LogP contribution in [-0.2, 0) is 14.6 Å². The van der Waals surface area contributed by atoms with Crippen LogP contribution in [0.15, 0.2) is 17.2 Å². The van der Waals surface area contributed by atoms with Gasteiger partial charge in [-0.05, 0) is 32.0 Å². The van der Waals surface area contributed by atoms with Gasteiger partial charge >= 0.3 is 5.97 Å². The molecule has 0 radical (unpaired) electrons. The molecule has 0 saturated carbocycles. The molecule has 1 aromatic heterocycles. The zero-order valence-corrected chi connectivity index (χ0v) is 14.4. The van der Waals surface area contributed by atoms with E-state index in [1.54, 1.807) is 0 Å². The zero-order chi connectivity index (χ0) is 16.9. The Kier molecular flexibility index (Phi) is 5.95. The lowest BCUT2D eigenvalue weighted by atomic mass is 10.1. The van der Waals surface area contributed by atoms with E-state index < -0.39 is 15.8 Å². The first-order chi connectivity index (χ1) is 10.9. The predicted octanol–water partition coefficient (Wildman–Crippen LogP) is 1.17. The molecule has 1 N–H and O–H groups in total. The Balaban J connectivity index is 2.08. The molecule has 128 valence electrons. The number of pyridine rings is 1. The van der Waals surface area contributed by atoms with Gasteiger partial charge in [0.1, 0.15) is 11.4 Å². The van der Waals surface area contributed by atoms with Crippen LogP contribution in [-0.4, -0.2) is 63.8 Å². The molecule has 1 aliphatic rings. The lowest BCUT2D eigenvalue weighted by Gasteiger charge is -2.26. The number of sulfone groups is 1. The van der Waals surface area contributed by atoms with Crippen LogP contribution in [0.25, 0.3) is 0 Å². The van der Waals surface area contributed by atoms with Crippen molar-refractivity contribution in [2.75, 3.05) is 44.9 Å². The molecule has 1 saturated heterocycles. The van der Waals surface area contributed by atoms with Crippen molar-refractivity contribution in [3.05, 3.63) is 17.8 Å². The highest BCUT2D eigenvalue weighted by atomic mass is 32.2. The number of piperidine rings is 1. The largest absolute Gasteiger partial charge is 0.465 e. The Hall–Kier alpha value is -1.67. The maximum atomic E-state index is 11.9. The number of anilines is 1. The average Bonchev–Trinajstić information content (AvgIpc) is 2.54. The van der Waals surface area contributed by atoms with Gasteiger partial charge in [0.25, 0.3) is 0 Å². The minimum absolute atomic E-state index is 0.000481. The third-order valence-electron chi connectivity index (χ3n) is 3.87. The molecule has 7 nitrogen and oxygen atoms in total. The van der Waals surface area contributed by atoms with Gasteiger partial charge in [-0.2, -0.15) is 0 Å². The lowest BCUT2D eigenvalue weighted by molar-refractivity contribution is 0.0601. The Morgan fingerprint density at radius 1 is 1.35 bits per heavy atom. The van der Waals surface area contributed by atoms with E-state index >= 15 is 0 Å². The number of esters is 1. The standard InChI is InChI=1S/C15H23N3O4S/c1-22-15(19)13-10-12(23(2,20)21)11-17-14(13)16-6-9-18-7-4-3-5-8-18/h10-11H,3-9H2,1-2H3,(H,16,17). The minimum atomic E-state index is -3.43. The number of carbonyl (C=O) groups is 1. The number of rotatable bonds is 6. The molecule has 0 aliphatic carbocycles. The fourth-order valence-electron chi connectivity index (χ4n) is 2.57. The van der Waals surface area contributed by atoms with E-state index in [0.29, 0.717) is 12.4 Å². The SMILES string of the molecule is COC(=O)c1cc(S(C)(=O)=O)cnc1NCCN1CCCCC1. The summed E-state index contributed by atoms with van der Waals surface area (Å²) in [5, 5.41) is 3.11. The van der Waals surface area contributed by atoms with E-state index in [0.717, 1.165) is 25.9 Å². The first-order valence-electron chi connectivity index (χ1n) is 7.66. The second-order valence-corrected chi connectivity index (χ2v) is 7.68. The van der Waals surface area contributed by atoms with E-state index in [9.17, 15) is 13.2 Å². The molecule has 1 fully saturated rings. The molecular weight excluding hydrogens is 318 g/mol. The Morgan fingerprint density at radius 3 is 2.65 bits per heavy atom. The molecule has 0 amide bonds. The van der Waals surface area contributed by atoms with Gasteiger partial charge in [-0.1, -0.05) is 6.42 Å². The summed E-state index contributed by atoms with van der Waals surface area (Å²) < 4.78 is 27.9. The van der Waals surface area contributed by atoms with Crippen LogP contribution in [0.2, 0.25) is 0 Å². The average molecular weight is 341 g/mol. The number of hydrogen-bond acceptors (Lipinski definition) is 7. The van der Waals surface area contributed by atoms with Gasteiger partial charge in [0.05, 0.1) is 12.0 Å². The van der Waals surface area contributed by atoms with Gasteiger partial charge < -0.3 is 15.0 Å². The number of nitrogens with one attached hydrogen (secondary N) is 1. The second-order valence-electron chi connectivity index (χ2n) is 5.66. The van der Waals surface area contributed by atoms with Gasteiger partial charge in [0.15, 0.2) is 9.84 Å². The van der Waals surface area contributed by atoms with Gasteiger partial charge in [0, 0.05) is 25.5 Å². The maximum Gasteiger partial charge on any atom is 0.341 e. The van der Waals surface area contributed by atoms with Crippen molar-refractivity contribution < 1.29 is 17.9 Å². The van der Waals surface area contributed by atoms with Crippen molar-refractivity contribution in [1.82, 2.24) is 9.88 Å². The normalized spacial score (nSPS) is 16.1. The van der Waals surface area contributed by atoms with Crippen LogP contribution in [0.3, 0.4) is 0 Å². The topological polar surface area (TPSA) is 88.6 Å². The number of nitrogens with zero attached hydrogens (tertiary/aromatic N) is 2. The monoisotopic (exact) mass is 341 g/mol. The number of carbonyl (C=O) groups excluding carboxylic acids is 1. The Labute approximate surface area is 137 Å². The Morgan fingerprint density at radius 2 is 2.04 bits per heavy atom. The second kappa shape index (κ2) is 7.74. The van der Waals surface area contributed by atoms with Crippen molar-refractivity contribution in [1.29, 1.82) is 0 Å². The molecule has 23 heavy (non-hydrogen) atoms. The van der Waals surface area contributed by atoms with Crippen molar-refractivity contribution in [3.8, 4) is 0 Å². The van der Waals surface area contributed by atoms with E-state index in [2.05, 4.69) is 15.2 Å². The molecule has 0 bridgehead atoms. The minimum Gasteiger partial charge on any atom is -0.465 e. The summed E-state index contributed by atoms with van der Waals surface area (Å²) in [7, 11) is -2.17. The molecule has 1 aliphatic heterocycles. The molecule has 0 atom stereocenters. The number of aromatic nitrogens is 1. The summed E-state index contributed by atoms with van der Waals surface area (Å²) in [6.45, 7) is 3.67. The quantitative estimate of drug-likeness (QED) is 0.777. The highest BCUT2D eigenvalue weighted by Gasteiger charge is 2.18. The number of methoxy groups -OCH3 is 1. The van der Waals surface area contributed by atoms with Crippen LogP contribution >= 0.6 is 0 Å². The summed E-state index contributed by atoms with van der Waals surface area (Å²) >= 11 is 0. The van der Waals surface area contributed by atoms with Crippen LogP contribution in [0.4, 0.5) is 5.82 Å². The Bertz CT molecular complexity index is 655. The molecule has 0 spiro atoms. The van der Waals surface area contributed by atoms with Gasteiger partial charge in [0.2, 0.25) is 0 Å². The lowest BCUT2D eigenvalue weighted by Crippen LogP contribution is -2.34. The summed E-state index contributed by atoms with van der Waals surface area (Å²) in [6, 6.07) is 1.30. The molecule has 1 aromatic rings. The van der Waals surface area contributed by atoms with Crippen molar-refractivity contribution >= 4 is 21.6 Å². The summed E-state index contributed by atoms with van der Waals surface area (Å²) in [5.74, 6) is -0.260. The fourth-order valence-corrected chi connectivity index (χ4v) is 3.15. The number of likely N-dealkylation sites (tertiary alicyclic amines) is 1. The number of ether oxygens (including phenoxy) is 1. The maximum absolute atomic E-state index is 11.9. The van der Waals surface area contributed by atoms with Crippen molar-refractivity contribution in [2.45, 2.75) is 24.2 Å². The highest BCUT2D eigenvalue weighted by molar-refractivity contribution is 7.90. The van der Waals surface area contributed by atoms with Crippen LogP contribution in [0.1, 0.15) is 29.6 Å². The van der Waals surface area contributed by atoms with Crippen molar-refractivity contribution in [2.24, 2.45) is 0 Å². The molecule has 0 aromatic carbocycles. The van der Waals surface area contributed by atoms with Gasteiger partial charge in [-0.25, -0.2) is 18.2 Å². The summed E-state index contributed by atoms with van der Waals surface area (Å²) in [5.41, 5.74) is 0.133. The van der Waals surface area contributed by atoms with E-state index in [4.69, 9.17) is 4.74 Å². The smallest absolute Gasteiger partial charge is 0.341 e. The molecule has 2 rings (SSSR count).